The molecule has 12 rings (SSSR count). The summed E-state index contributed by atoms with van der Waals surface area (Å²) in [5.41, 5.74) is 0. The lowest BCUT2D eigenvalue weighted by atomic mass is 9.65. The highest BCUT2D eigenvalue weighted by molar-refractivity contribution is 6.68. The van der Waals surface area contributed by atoms with Gasteiger partial charge >= 0.3 is 7.32 Å². The molecule has 3 aliphatic heterocycles. The molecule has 6 bridgehead atoms. The second kappa shape index (κ2) is 17.0. The van der Waals surface area contributed by atoms with Gasteiger partial charge in [-0.1, -0.05) is 139 Å². The van der Waals surface area contributed by atoms with Crippen LogP contribution in [0.1, 0.15) is 38.5 Å². The van der Waals surface area contributed by atoms with E-state index in [4.69, 9.17) is 223 Å². The SMILES string of the molecule is O=C1C2CC3C(CC2C(=O)N1COB(OCN1C(=O)C2CC4C(CC2C1=O)C1(Cl)C(Cl)=C(Cl)C4(Cl)C1(Cl)Cl)OCN1C(=O)C2CC4C(CC2C1=O)C1(Cl)C(Cl)=C(Cl)C4(Cl)C1(Cl)Cl)C1(Cl)C(Cl)=C(Cl)C3(Cl)C1(Cl)Cl. The van der Waals surface area contributed by atoms with E-state index in [1.165, 1.54) is 0 Å². The van der Waals surface area contributed by atoms with Crippen LogP contribution in [0.3, 0.4) is 0 Å². The molecule has 73 heavy (non-hydrogen) atoms. The van der Waals surface area contributed by atoms with Crippen molar-refractivity contribution < 1.29 is 42.7 Å². The molecule has 3 saturated heterocycles. The fraction of sp³-hybridized carbons (Fsp3) is 0.714. The Labute approximate surface area is 506 Å². The van der Waals surface area contributed by atoms with Crippen LogP contribution in [0.15, 0.2) is 30.2 Å². The van der Waals surface area contributed by atoms with Crippen molar-refractivity contribution in [2.45, 2.75) is 80.8 Å². The maximum atomic E-state index is 14.2. The third kappa shape index (κ3) is 6.05. The first-order chi connectivity index (χ1) is 33.7. The van der Waals surface area contributed by atoms with E-state index >= 15 is 0 Å². The first-order valence-electron chi connectivity index (χ1n) is 22.6. The third-order valence-electron chi connectivity index (χ3n) is 18.8. The fourth-order valence-corrected chi connectivity index (χ4v) is 24.6. The minimum absolute atomic E-state index is 0.000681. The normalized spacial score (nSPS) is 49.0. The lowest BCUT2D eigenvalue weighted by Crippen LogP contribution is -2.45. The second-order valence-electron chi connectivity index (χ2n) is 21.1. The Hall–Kier alpha value is 1.80. The van der Waals surface area contributed by atoms with Crippen LogP contribution in [0.2, 0.25) is 0 Å². The van der Waals surface area contributed by atoms with Crippen LogP contribution < -0.4 is 0 Å². The van der Waals surface area contributed by atoms with Crippen LogP contribution in [0.4, 0.5) is 0 Å². The molecule has 0 aromatic rings. The van der Waals surface area contributed by atoms with E-state index in [0.717, 1.165) is 14.7 Å². The Morgan fingerprint density at radius 3 is 0.630 bits per heavy atom. The van der Waals surface area contributed by atoms with Gasteiger partial charge in [0.05, 0.1) is 65.7 Å². The third-order valence-corrected chi connectivity index (χ3v) is 31.8. The molecule has 0 aromatic carbocycles. The van der Waals surface area contributed by atoms with Crippen molar-refractivity contribution in [1.29, 1.82) is 0 Å². The molecule has 12 nitrogen and oxygen atoms in total. The summed E-state index contributed by atoms with van der Waals surface area (Å²) in [5, 5.41) is -0.297. The molecule has 9 aliphatic carbocycles. The van der Waals surface area contributed by atoms with Gasteiger partial charge in [-0.15, -0.1) is 69.6 Å². The number of fused-ring (bicyclic) bond motifs is 18. The summed E-state index contributed by atoms with van der Waals surface area (Å²) in [4.78, 5) is 77.6. The molecule has 18 atom stereocenters. The molecule has 0 spiro atoms. The molecule has 12 aliphatic rings. The molecular formula is C42H30BCl18N3O9. The van der Waals surface area contributed by atoms with E-state index < -0.39 is 176 Å². The Morgan fingerprint density at radius 2 is 0.479 bits per heavy atom. The Balaban J connectivity index is 0.781. The summed E-state index contributed by atoms with van der Waals surface area (Å²) in [6.07, 6.45) is 0.00408. The summed E-state index contributed by atoms with van der Waals surface area (Å²) in [6, 6.07) is 0. The zero-order chi connectivity index (χ0) is 53.2. The molecule has 31 heteroatoms. The smallest absolute Gasteiger partial charge is 0.367 e. The van der Waals surface area contributed by atoms with E-state index in [9.17, 15) is 28.8 Å². The molecule has 396 valence electrons. The van der Waals surface area contributed by atoms with Gasteiger partial charge in [-0.05, 0) is 74.0 Å². The average Bonchev–Trinajstić information content (AvgIpc) is 4.02. The van der Waals surface area contributed by atoms with Crippen LogP contribution in [0.5, 0.6) is 0 Å². The molecule has 9 fully saturated rings. The number of halogens is 18. The number of carbonyl (C=O) groups is 6. The number of hydrogen-bond donors (Lipinski definition) is 0. The molecule has 6 amide bonds. The molecule has 18 unspecified atom stereocenters. The highest BCUT2D eigenvalue weighted by Crippen LogP contribution is 2.82. The monoisotopic (exact) mass is 1360 g/mol. The average molecular weight is 1370 g/mol. The van der Waals surface area contributed by atoms with Crippen LogP contribution in [-0.2, 0) is 42.7 Å². The van der Waals surface area contributed by atoms with Crippen molar-refractivity contribution in [2.75, 3.05) is 20.2 Å². The van der Waals surface area contributed by atoms with Gasteiger partial charge in [0.15, 0.2) is 13.0 Å². The standard InChI is InChI=1S/C42H30BCl18N3O9/c44-22-23(45)35(51)17-2-11-10(1-16(17)34(22,50)40(35,56)57)28(65)62(29(11)66)7-71-43(72-8-63-30(67)12-3-18-19(4-13(12)31(63)68)37(53)25(47)24(46)36(18,52)41(37,58)59)73-9-64-32(69)14-5-20-21(6-15(14)33(64)70)39(55)27(49)26(48)38(20,54)42(39,60)61/h10-21H,1-9H2. The first kappa shape index (κ1) is 55.3. The molecule has 0 radical (unpaired) electrons. The lowest BCUT2D eigenvalue weighted by Gasteiger charge is -2.42. The predicted molar refractivity (Wildman–Crippen MR) is 280 cm³/mol. The Kier molecular flexibility index (Phi) is 12.9. The van der Waals surface area contributed by atoms with E-state index in [0.29, 0.717) is 0 Å². The highest BCUT2D eigenvalue weighted by Gasteiger charge is 2.86. The van der Waals surface area contributed by atoms with E-state index in [1.807, 2.05) is 0 Å². The molecular weight excluding hydrogens is 1340 g/mol. The summed E-state index contributed by atoms with van der Waals surface area (Å²) in [5.74, 6) is -13.7. The minimum atomic E-state index is -1.97. The fourth-order valence-electron chi connectivity index (χ4n) is 15.3. The molecule has 3 heterocycles. The van der Waals surface area contributed by atoms with Crippen molar-refractivity contribution in [1.82, 2.24) is 14.7 Å². The zero-order valence-electron chi connectivity index (χ0n) is 36.2. The van der Waals surface area contributed by atoms with Crippen molar-refractivity contribution in [2.24, 2.45) is 71.0 Å². The molecule has 0 aromatic heterocycles. The first-order valence-corrected chi connectivity index (χ1v) is 29.4. The Bertz CT molecular complexity index is 2360. The van der Waals surface area contributed by atoms with Gasteiger partial charge in [-0.3, -0.25) is 43.5 Å². The second-order valence-corrected chi connectivity index (χ2v) is 30.9. The molecule has 6 saturated carbocycles. The highest BCUT2D eigenvalue weighted by atomic mass is 35.5. The number of hydrogen-bond acceptors (Lipinski definition) is 9. The van der Waals surface area contributed by atoms with Crippen molar-refractivity contribution in [3.63, 3.8) is 0 Å². The van der Waals surface area contributed by atoms with Gasteiger partial charge in [0.2, 0.25) is 35.4 Å². The Morgan fingerprint density at radius 1 is 0.329 bits per heavy atom. The van der Waals surface area contributed by atoms with E-state index in [1.54, 1.807) is 0 Å². The summed E-state index contributed by atoms with van der Waals surface area (Å²) in [6.45, 7) is -2.43. The van der Waals surface area contributed by atoms with Crippen molar-refractivity contribution in [3.8, 4) is 0 Å². The van der Waals surface area contributed by atoms with Gasteiger partial charge < -0.3 is 14.0 Å². The van der Waals surface area contributed by atoms with Crippen LogP contribution in [0.25, 0.3) is 0 Å². The quantitative estimate of drug-likeness (QED) is 0.125. The summed E-state index contributed by atoms with van der Waals surface area (Å²) in [7, 11) is -1.97. The largest absolute Gasteiger partial charge is 0.643 e. The number of alkyl halides is 12. The number of nitrogens with zero attached hydrogens (tertiary/aromatic N) is 3. The lowest BCUT2D eigenvalue weighted by molar-refractivity contribution is -0.145. The van der Waals surface area contributed by atoms with Gasteiger partial charge in [-0.25, -0.2) is 0 Å². The number of allylic oxidation sites excluding steroid dienone is 6. The number of rotatable bonds is 9. The van der Waals surface area contributed by atoms with Crippen molar-refractivity contribution in [3.05, 3.63) is 30.2 Å². The van der Waals surface area contributed by atoms with Crippen molar-refractivity contribution >= 4 is 252 Å². The maximum Gasteiger partial charge on any atom is 0.643 e. The minimum Gasteiger partial charge on any atom is -0.367 e. The number of imide groups is 3. The van der Waals surface area contributed by atoms with E-state index in [2.05, 4.69) is 0 Å². The summed E-state index contributed by atoms with van der Waals surface area (Å²) < 4.78 is 12.2. The van der Waals surface area contributed by atoms with Gasteiger partial charge in [-0.2, -0.15) is 0 Å². The number of amides is 6. The predicted octanol–water partition coefficient (Wildman–Crippen LogP) is 11.3. The van der Waals surface area contributed by atoms with Crippen LogP contribution in [-0.4, -0.2) is 120 Å². The van der Waals surface area contributed by atoms with Gasteiger partial charge in [0.1, 0.15) is 49.4 Å². The van der Waals surface area contributed by atoms with E-state index in [-0.39, 0.29) is 68.7 Å². The van der Waals surface area contributed by atoms with Gasteiger partial charge in [0, 0.05) is 0 Å². The van der Waals surface area contributed by atoms with Crippen LogP contribution >= 0.6 is 209 Å². The maximum absolute atomic E-state index is 14.2. The molecule has 0 N–H and O–H groups in total. The van der Waals surface area contributed by atoms with Gasteiger partial charge in [0.25, 0.3) is 0 Å². The zero-order valence-corrected chi connectivity index (χ0v) is 49.8. The number of likely N-dealkylation sites (tertiary alicyclic amines) is 3. The summed E-state index contributed by atoms with van der Waals surface area (Å²) >= 11 is 123. The number of carbonyl (C=O) groups excluding carboxylic acids is 6. The topological polar surface area (TPSA) is 140 Å². The van der Waals surface area contributed by atoms with Crippen LogP contribution in [0, 0.1) is 71.0 Å².